The Bertz CT molecular complexity index is 1040. The van der Waals surface area contributed by atoms with Gasteiger partial charge >= 0.3 is 5.88 Å². The monoisotopic (exact) mass is 388 g/mol. The van der Waals surface area contributed by atoms with Crippen LogP contribution in [0.2, 0.25) is 0 Å². The van der Waals surface area contributed by atoms with Gasteiger partial charge in [-0.2, -0.15) is 0 Å². The fourth-order valence-corrected chi connectivity index (χ4v) is 6.62. The molecular formula is C22H17N2O3P. The first-order valence-corrected chi connectivity index (χ1v) is 10.5. The van der Waals surface area contributed by atoms with Crippen molar-refractivity contribution in [3.63, 3.8) is 0 Å². The van der Waals surface area contributed by atoms with Crippen LogP contribution in [0.5, 0.6) is 0 Å². The summed E-state index contributed by atoms with van der Waals surface area (Å²) in [5, 5.41) is 14.2. The van der Waals surface area contributed by atoms with Crippen LogP contribution in [0.1, 0.15) is 0 Å². The van der Waals surface area contributed by atoms with E-state index in [0.717, 1.165) is 15.9 Å². The number of benzene rings is 3. The van der Waals surface area contributed by atoms with E-state index in [4.69, 9.17) is 9.16 Å². The molecule has 28 heavy (non-hydrogen) atoms. The van der Waals surface area contributed by atoms with Crippen molar-refractivity contribution < 1.29 is 9.34 Å². The molecule has 0 amide bonds. The summed E-state index contributed by atoms with van der Waals surface area (Å²) in [4.78, 5) is 10.5. The third-order valence-corrected chi connectivity index (χ3v) is 8.03. The van der Waals surface area contributed by atoms with Gasteiger partial charge in [0.05, 0.1) is 13.1 Å². The number of rotatable bonds is 5. The van der Waals surface area contributed by atoms with Gasteiger partial charge in [0.2, 0.25) is 5.88 Å². The molecule has 0 saturated carbocycles. The van der Waals surface area contributed by atoms with Gasteiger partial charge < -0.3 is 4.42 Å². The normalized spacial score (nSPS) is 11.1. The molecule has 0 radical (unpaired) electrons. The zero-order chi connectivity index (χ0) is 19.4. The van der Waals surface area contributed by atoms with Gasteiger partial charge in [-0.1, -0.05) is 91.0 Å². The number of furan rings is 1. The second-order valence-corrected chi connectivity index (χ2v) is 9.13. The summed E-state index contributed by atoms with van der Waals surface area (Å²) in [6.07, 6.45) is 0. The average Bonchev–Trinajstić information content (AvgIpc) is 3.23. The Morgan fingerprint density at radius 3 is 1.46 bits per heavy atom. The minimum atomic E-state index is -2.48. The predicted octanol–water partition coefficient (Wildman–Crippen LogP) is 5.00. The van der Waals surface area contributed by atoms with Crippen LogP contribution in [0, 0.1) is 10.1 Å². The Kier molecular flexibility index (Phi) is 4.92. The molecule has 0 fully saturated rings. The van der Waals surface area contributed by atoms with Crippen molar-refractivity contribution in [2.45, 2.75) is 0 Å². The molecule has 0 aliphatic heterocycles. The van der Waals surface area contributed by atoms with Gasteiger partial charge in [-0.3, -0.25) is 10.1 Å². The van der Waals surface area contributed by atoms with E-state index in [-0.39, 0.29) is 11.8 Å². The maximum atomic E-state index is 11.1. The highest BCUT2D eigenvalue weighted by molar-refractivity contribution is 7.87. The van der Waals surface area contributed by atoms with Crippen molar-refractivity contribution in [3.8, 4) is 0 Å². The van der Waals surface area contributed by atoms with Gasteiger partial charge in [0, 0.05) is 22.0 Å². The third-order valence-electron chi connectivity index (χ3n) is 4.40. The van der Waals surface area contributed by atoms with Crippen LogP contribution in [-0.2, 0) is 0 Å². The highest BCUT2D eigenvalue weighted by Crippen LogP contribution is 2.49. The van der Waals surface area contributed by atoms with E-state index >= 15 is 0 Å². The molecule has 0 aliphatic rings. The van der Waals surface area contributed by atoms with Crippen LogP contribution >= 0.6 is 7.05 Å². The highest BCUT2D eigenvalue weighted by Gasteiger charge is 2.28. The van der Waals surface area contributed by atoms with Crippen molar-refractivity contribution in [1.82, 2.24) is 0 Å². The molecule has 6 heteroatoms. The zero-order valence-electron chi connectivity index (χ0n) is 14.9. The summed E-state index contributed by atoms with van der Waals surface area (Å²) >= 11 is 0. The zero-order valence-corrected chi connectivity index (χ0v) is 15.8. The number of nitrogens with zero attached hydrogens (tertiary/aromatic N) is 2. The molecule has 4 aromatic rings. The topological polar surface area (TPSA) is 68.6 Å². The van der Waals surface area contributed by atoms with Crippen LogP contribution in [-0.4, -0.2) is 4.92 Å². The molecule has 138 valence electrons. The highest BCUT2D eigenvalue weighted by atomic mass is 31.2. The smallest absolute Gasteiger partial charge is 0.382 e. The standard InChI is InChI=1S/C22H17N2O3P/c25-24(26)22-17-16-21(27-22)23-28(18-10-4-1-5-11-18,19-12-6-2-7-13-19)20-14-8-3-9-15-20/h1-17H. The molecule has 3 aromatic carbocycles. The maximum Gasteiger partial charge on any atom is 0.434 e. The SMILES string of the molecule is O=[N+]([O-])c1ccc(N=P(c2ccccc2)(c2ccccc2)c2ccccc2)o1. The molecule has 0 atom stereocenters. The van der Waals surface area contributed by atoms with E-state index in [1.165, 1.54) is 6.07 Å². The van der Waals surface area contributed by atoms with Crippen LogP contribution < -0.4 is 15.9 Å². The van der Waals surface area contributed by atoms with Crippen LogP contribution in [0.4, 0.5) is 11.8 Å². The first-order valence-electron chi connectivity index (χ1n) is 8.73. The Labute approximate surface area is 162 Å². The summed E-state index contributed by atoms with van der Waals surface area (Å²) in [6.45, 7) is 0. The lowest BCUT2D eigenvalue weighted by atomic mass is 10.4. The molecule has 4 rings (SSSR count). The summed E-state index contributed by atoms with van der Waals surface area (Å²) in [6, 6.07) is 33.0. The van der Waals surface area contributed by atoms with E-state index in [2.05, 4.69) is 36.4 Å². The van der Waals surface area contributed by atoms with Gasteiger partial charge in [0.25, 0.3) is 0 Å². The first kappa shape index (κ1) is 18.0. The van der Waals surface area contributed by atoms with Crippen molar-refractivity contribution in [2.75, 3.05) is 0 Å². The minimum Gasteiger partial charge on any atom is -0.382 e. The molecule has 1 heterocycles. The molecule has 0 aliphatic carbocycles. The lowest BCUT2D eigenvalue weighted by molar-refractivity contribution is -0.401. The number of hydrogen-bond donors (Lipinski definition) is 0. The molecular weight excluding hydrogens is 371 g/mol. The molecule has 0 N–H and O–H groups in total. The lowest BCUT2D eigenvalue weighted by Gasteiger charge is -2.26. The third kappa shape index (κ3) is 3.28. The van der Waals surface area contributed by atoms with Gasteiger partial charge in [0.15, 0.2) is 0 Å². The fraction of sp³-hybridized carbons (Fsp3) is 0. The van der Waals surface area contributed by atoms with Crippen LogP contribution in [0.25, 0.3) is 0 Å². The van der Waals surface area contributed by atoms with Gasteiger partial charge in [-0.15, -0.1) is 0 Å². The van der Waals surface area contributed by atoms with Crippen molar-refractivity contribution >= 4 is 34.7 Å². The van der Waals surface area contributed by atoms with E-state index in [0.29, 0.717) is 0 Å². The lowest BCUT2D eigenvalue weighted by Crippen LogP contribution is -2.25. The Balaban J connectivity index is 2.09. The van der Waals surface area contributed by atoms with Gasteiger partial charge in [0.1, 0.15) is 4.92 Å². The van der Waals surface area contributed by atoms with Crippen LogP contribution in [0.3, 0.4) is 0 Å². The molecule has 5 nitrogen and oxygen atoms in total. The predicted molar refractivity (Wildman–Crippen MR) is 113 cm³/mol. The maximum absolute atomic E-state index is 11.1. The average molecular weight is 388 g/mol. The molecule has 0 spiro atoms. The van der Waals surface area contributed by atoms with E-state index in [1.54, 1.807) is 6.07 Å². The van der Waals surface area contributed by atoms with Crippen molar-refractivity contribution in [2.24, 2.45) is 4.74 Å². The molecule has 0 bridgehead atoms. The number of nitro groups is 1. The van der Waals surface area contributed by atoms with Gasteiger partial charge in [-0.25, -0.2) is 4.74 Å². The minimum absolute atomic E-state index is 0.247. The number of hydrogen-bond acceptors (Lipinski definition) is 4. The largest absolute Gasteiger partial charge is 0.434 e. The van der Waals surface area contributed by atoms with Crippen LogP contribution in [0.15, 0.2) is 112 Å². The Morgan fingerprint density at radius 1 is 0.679 bits per heavy atom. The summed E-state index contributed by atoms with van der Waals surface area (Å²) in [5.74, 6) is -0.0670. The second kappa shape index (κ2) is 7.67. The Morgan fingerprint density at radius 2 is 1.11 bits per heavy atom. The molecule has 0 saturated heterocycles. The van der Waals surface area contributed by atoms with Crippen molar-refractivity contribution in [1.29, 1.82) is 0 Å². The second-order valence-electron chi connectivity index (χ2n) is 6.11. The first-order chi connectivity index (χ1) is 13.7. The fourth-order valence-electron chi connectivity index (χ4n) is 3.17. The summed E-state index contributed by atoms with van der Waals surface area (Å²) < 4.78 is 10.5. The van der Waals surface area contributed by atoms with E-state index < -0.39 is 12.0 Å². The van der Waals surface area contributed by atoms with E-state index in [9.17, 15) is 10.1 Å². The van der Waals surface area contributed by atoms with Gasteiger partial charge in [-0.05, 0) is 0 Å². The Hall–Kier alpha value is -3.43. The quantitative estimate of drug-likeness (QED) is 0.275. The molecule has 1 aromatic heterocycles. The van der Waals surface area contributed by atoms with Crippen molar-refractivity contribution in [3.05, 3.63) is 113 Å². The summed E-state index contributed by atoms with van der Waals surface area (Å²) in [5.41, 5.74) is 0. The molecule has 0 unspecified atom stereocenters. The summed E-state index contributed by atoms with van der Waals surface area (Å²) in [7, 11) is -2.48. The van der Waals surface area contributed by atoms with E-state index in [1.807, 2.05) is 54.6 Å².